The van der Waals surface area contributed by atoms with Crippen LogP contribution in [0.15, 0.2) is 24.4 Å². The summed E-state index contributed by atoms with van der Waals surface area (Å²) in [6.45, 7) is 6.79. The summed E-state index contributed by atoms with van der Waals surface area (Å²) in [6, 6.07) is 4.52. The van der Waals surface area contributed by atoms with Gasteiger partial charge in [0.1, 0.15) is 22.5 Å². The fourth-order valence-corrected chi connectivity index (χ4v) is 5.75. The highest BCUT2D eigenvalue weighted by atomic mass is 32.2. The van der Waals surface area contributed by atoms with Crippen molar-refractivity contribution in [2.45, 2.75) is 52.5 Å². The number of carbonyl (C=O) groups excluding carboxylic acids is 2. The molecule has 1 unspecified atom stereocenters. The summed E-state index contributed by atoms with van der Waals surface area (Å²) in [7, 11) is -0.888. The fraction of sp³-hybridized carbons (Fsp3) is 0.480. The number of amides is 1. The maximum Gasteiger partial charge on any atom is 0.302 e. The molecule has 0 saturated carbocycles. The molecule has 2 atom stereocenters. The average molecular weight is 545 g/mol. The Morgan fingerprint density at radius 3 is 2.65 bits per heavy atom. The molecular weight excluding hydrogens is 512 g/mol. The standard InChI is InChI=1S/C25H32N6O4S2/c1-25(2,3)17-7-8-18-16(12-17)13-20-23(28-18)36-24(29-20)22(33)27-19(10-11-32)15-6-9-21(26-14-15)30-37(34,35)31(4)5/h6,9,11,13-14,17,19H,7-8,10,12H2,1-5H3,(H,26,30)(H,27,33)/t17?,19-/m1/s1. The fourth-order valence-electron chi connectivity index (χ4n) is 4.34. The van der Waals surface area contributed by atoms with E-state index in [1.54, 1.807) is 6.07 Å². The number of rotatable bonds is 8. The van der Waals surface area contributed by atoms with Gasteiger partial charge in [0, 0.05) is 32.4 Å². The zero-order valence-electron chi connectivity index (χ0n) is 21.6. The Balaban J connectivity index is 1.51. The van der Waals surface area contributed by atoms with Crippen molar-refractivity contribution < 1.29 is 18.0 Å². The number of aryl methyl sites for hydroxylation is 1. The zero-order valence-corrected chi connectivity index (χ0v) is 23.2. The summed E-state index contributed by atoms with van der Waals surface area (Å²) in [5, 5.41) is 3.13. The van der Waals surface area contributed by atoms with Gasteiger partial charge in [-0.05, 0) is 53.9 Å². The molecule has 10 nitrogen and oxygen atoms in total. The molecular formula is C25H32N6O4S2. The molecule has 0 bridgehead atoms. The van der Waals surface area contributed by atoms with Crippen molar-refractivity contribution in [2.24, 2.45) is 11.3 Å². The largest absolute Gasteiger partial charge is 0.343 e. The van der Waals surface area contributed by atoms with Gasteiger partial charge in [-0.3, -0.25) is 9.52 Å². The first-order valence-corrected chi connectivity index (χ1v) is 14.3. The van der Waals surface area contributed by atoms with Crippen molar-refractivity contribution in [3.8, 4) is 0 Å². The second kappa shape index (κ2) is 10.4. The second-order valence-corrected chi connectivity index (χ2v) is 13.4. The van der Waals surface area contributed by atoms with Crippen LogP contribution in [0.3, 0.4) is 0 Å². The quantitative estimate of drug-likeness (QED) is 0.414. The normalized spacial score (nSPS) is 16.9. The highest BCUT2D eigenvalue weighted by Gasteiger charge is 2.30. The van der Waals surface area contributed by atoms with Crippen LogP contribution in [0.2, 0.25) is 0 Å². The topological polar surface area (TPSA) is 134 Å². The van der Waals surface area contributed by atoms with E-state index in [1.807, 2.05) is 0 Å². The van der Waals surface area contributed by atoms with Crippen molar-refractivity contribution >= 4 is 49.9 Å². The lowest BCUT2D eigenvalue weighted by Crippen LogP contribution is -2.30. The first-order valence-electron chi connectivity index (χ1n) is 12.1. The van der Waals surface area contributed by atoms with Gasteiger partial charge >= 0.3 is 10.2 Å². The van der Waals surface area contributed by atoms with Crippen molar-refractivity contribution in [2.75, 3.05) is 18.8 Å². The molecule has 3 aromatic rings. The van der Waals surface area contributed by atoms with Gasteiger partial charge in [-0.25, -0.2) is 15.0 Å². The zero-order chi connectivity index (χ0) is 27.0. The molecule has 0 fully saturated rings. The van der Waals surface area contributed by atoms with E-state index in [9.17, 15) is 18.0 Å². The van der Waals surface area contributed by atoms with Crippen LogP contribution < -0.4 is 10.0 Å². The van der Waals surface area contributed by atoms with Crippen LogP contribution in [0.25, 0.3) is 10.3 Å². The van der Waals surface area contributed by atoms with Gasteiger partial charge in [0.2, 0.25) is 0 Å². The Morgan fingerprint density at radius 1 is 1.27 bits per heavy atom. The number of hydrogen-bond acceptors (Lipinski definition) is 8. The van der Waals surface area contributed by atoms with E-state index in [0.717, 1.165) is 34.1 Å². The molecule has 3 heterocycles. The van der Waals surface area contributed by atoms with Crippen LogP contribution in [0.5, 0.6) is 0 Å². The van der Waals surface area contributed by atoms with Crippen molar-refractivity contribution in [1.82, 2.24) is 24.6 Å². The lowest BCUT2D eigenvalue weighted by atomic mass is 9.71. The van der Waals surface area contributed by atoms with Gasteiger partial charge in [-0.15, -0.1) is 0 Å². The van der Waals surface area contributed by atoms with Crippen molar-refractivity contribution in [3.63, 3.8) is 0 Å². The smallest absolute Gasteiger partial charge is 0.302 e. The highest BCUT2D eigenvalue weighted by Crippen LogP contribution is 2.38. The lowest BCUT2D eigenvalue weighted by molar-refractivity contribution is -0.108. The maximum absolute atomic E-state index is 13.1. The third-order valence-corrected chi connectivity index (χ3v) is 9.10. The molecule has 0 aliphatic heterocycles. The number of nitrogens with zero attached hydrogens (tertiary/aromatic N) is 4. The molecule has 1 amide bonds. The molecule has 0 spiro atoms. The molecule has 1 aliphatic carbocycles. The van der Waals surface area contributed by atoms with Gasteiger partial charge in [0.15, 0.2) is 5.01 Å². The second-order valence-electron chi connectivity index (χ2n) is 10.5. The van der Waals surface area contributed by atoms with Crippen LogP contribution in [0.1, 0.15) is 66.3 Å². The number of fused-ring (bicyclic) bond motifs is 2. The molecule has 4 rings (SSSR count). The summed E-state index contributed by atoms with van der Waals surface area (Å²) in [4.78, 5) is 38.6. The lowest BCUT2D eigenvalue weighted by Gasteiger charge is -2.34. The molecule has 0 saturated heterocycles. The Morgan fingerprint density at radius 2 is 2.03 bits per heavy atom. The molecule has 0 radical (unpaired) electrons. The van der Waals surface area contributed by atoms with Crippen molar-refractivity contribution in [1.29, 1.82) is 0 Å². The van der Waals surface area contributed by atoms with Crippen LogP contribution in [0, 0.1) is 11.3 Å². The minimum Gasteiger partial charge on any atom is -0.343 e. The minimum absolute atomic E-state index is 0.0296. The molecule has 0 aromatic carbocycles. The minimum atomic E-state index is -3.70. The van der Waals surface area contributed by atoms with E-state index >= 15 is 0 Å². The van der Waals surface area contributed by atoms with Gasteiger partial charge in [-0.2, -0.15) is 12.7 Å². The number of thiazole rings is 1. The average Bonchev–Trinajstić information content (AvgIpc) is 3.24. The van der Waals surface area contributed by atoms with Gasteiger partial charge in [0.05, 0.1) is 6.04 Å². The molecule has 12 heteroatoms. The number of anilines is 1. The summed E-state index contributed by atoms with van der Waals surface area (Å²) in [5.74, 6) is 0.296. The number of pyridine rings is 2. The molecule has 2 N–H and O–H groups in total. The first kappa shape index (κ1) is 27.1. The van der Waals surface area contributed by atoms with Crippen molar-refractivity contribution in [3.05, 3.63) is 46.2 Å². The number of hydrogen-bond donors (Lipinski definition) is 2. The monoisotopic (exact) mass is 544 g/mol. The van der Waals surface area contributed by atoms with E-state index in [0.29, 0.717) is 23.3 Å². The number of aldehydes is 1. The number of carbonyl (C=O) groups is 2. The van der Waals surface area contributed by atoms with Gasteiger partial charge in [0.25, 0.3) is 5.91 Å². The Kier molecular flexibility index (Phi) is 7.63. The molecule has 37 heavy (non-hydrogen) atoms. The predicted octanol–water partition coefficient (Wildman–Crippen LogP) is 3.52. The first-order chi connectivity index (χ1) is 17.4. The van der Waals surface area contributed by atoms with E-state index in [2.05, 4.69) is 46.8 Å². The maximum atomic E-state index is 13.1. The summed E-state index contributed by atoms with van der Waals surface area (Å²) < 4.78 is 27.4. The van der Waals surface area contributed by atoms with E-state index in [4.69, 9.17) is 4.98 Å². The third kappa shape index (κ3) is 6.13. The molecule has 1 aliphatic rings. The third-order valence-electron chi connectivity index (χ3n) is 6.71. The highest BCUT2D eigenvalue weighted by molar-refractivity contribution is 7.90. The van der Waals surface area contributed by atoms with Gasteiger partial charge in [-0.1, -0.05) is 38.2 Å². The van der Waals surface area contributed by atoms with Crippen LogP contribution >= 0.6 is 11.3 Å². The summed E-state index contributed by atoms with van der Waals surface area (Å²) in [6.07, 6.45) is 5.15. The van der Waals surface area contributed by atoms with E-state index < -0.39 is 22.2 Å². The Bertz CT molecular complexity index is 1410. The molecule has 198 valence electrons. The Hall–Kier alpha value is -2.96. The van der Waals surface area contributed by atoms with Crippen LogP contribution in [0.4, 0.5) is 5.82 Å². The summed E-state index contributed by atoms with van der Waals surface area (Å²) in [5.41, 5.74) is 3.77. The molecule has 3 aromatic heterocycles. The van der Waals surface area contributed by atoms with Crippen LogP contribution in [-0.4, -0.2) is 54.0 Å². The van der Waals surface area contributed by atoms with Crippen LogP contribution in [-0.2, 0) is 27.8 Å². The summed E-state index contributed by atoms with van der Waals surface area (Å²) >= 11 is 1.23. The predicted molar refractivity (Wildman–Crippen MR) is 144 cm³/mol. The SMILES string of the molecule is CN(C)S(=O)(=O)Nc1ccc([C@@H](CC=O)NC(=O)c2nc3cc4c(nc3s2)CCC(C(C)(C)C)C4)cn1. The van der Waals surface area contributed by atoms with E-state index in [1.165, 1.54) is 43.3 Å². The Labute approximate surface area is 221 Å². The van der Waals surface area contributed by atoms with E-state index in [-0.39, 0.29) is 22.7 Å². The number of nitrogens with one attached hydrogen (secondary N) is 2. The number of aromatic nitrogens is 3. The van der Waals surface area contributed by atoms with Gasteiger partial charge < -0.3 is 10.1 Å².